The van der Waals surface area contributed by atoms with E-state index >= 15 is 0 Å². The molecule has 31 heavy (non-hydrogen) atoms. The minimum atomic E-state index is -0.359. The predicted octanol–water partition coefficient (Wildman–Crippen LogP) is 5.23. The van der Waals surface area contributed by atoms with Crippen LogP contribution < -0.4 is 5.43 Å². The first kappa shape index (κ1) is 22.3. The van der Waals surface area contributed by atoms with Gasteiger partial charge in [0.25, 0.3) is 5.91 Å². The monoisotopic (exact) mass is 418 g/mol. The van der Waals surface area contributed by atoms with Crippen LogP contribution in [0.15, 0.2) is 53.6 Å². The topological polar surface area (TPSA) is 90.4 Å². The Bertz CT molecular complexity index is 996. The number of aromatic nitrogens is 2. The number of nitrogens with zero attached hydrogens (tertiary/aromatic N) is 2. The quantitative estimate of drug-likeness (QED) is 0.311. The highest BCUT2D eigenvalue weighted by Gasteiger charge is 2.11. The number of carbonyl (C=O) groups is 1. The number of benzene rings is 2. The largest absolute Gasteiger partial charge is 0.507 e. The first-order valence-electron chi connectivity index (χ1n) is 10.9. The number of rotatable bonds is 10. The van der Waals surface area contributed by atoms with Gasteiger partial charge in [-0.15, -0.1) is 0 Å². The Kier molecular flexibility index (Phi) is 7.98. The molecule has 0 saturated heterocycles. The zero-order valence-corrected chi connectivity index (χ0v) is 18.2. The molecule has 0 atom stereocenters. The zero-order chi connectivity index (χ0) is 22.1. The van der Waals surface area contributed by atoms with E-state index in [9.17, 15) is 9.90 Å². The van der Waals surface area contributed by atoms with Crippen molar-refractivity contribution < 1.29 is 9.90 Å². The summed E-state index contributed by atoms with van der Waals surface area (Å²) in [5.74, 6) is 0.0381. The Hall–Kier alpha value is -3.41. The van der Waals surface area contributed by atoms with Crippen LogP contribution in [0, 0.1) is 0 Å². The molecule has 6 heteroatoms. The molecule has 0 unspecified atom stereocenters. The summed E-state index contributed by atoms with van der Waals surface area (Å²) in [6.07, 6.45) is 7.43. The Morgan fingerprint density at radius 2 is 1.71 bits per heavy atom. The number of aromatic hydroxyl groups is 1. The van der Waals surface area contributed by atoms with Gasteiger partial charge in [-0.2, -0.15) is 10.2 Å². The van der Waals surface area contributed by atoms with Crippen LogP contribution in [0.4, 0.5) is 0 Å². The summed E-state index contributed by atoms with van der Waals surface area (Å²) < 4.78 is 0. The van der Waals surface area contributed by atoms with Crippen molar-refractivity contribution in [1.82, 2.24) is 15.6 Å². The van der Waals surface area contributed by atoms with Crippen LogP contribution in [0.3, 0.4) is 0 Å². The van der Waals surface area contributed by atoms with Crippen LogP contribution in [0.25, 0.3) is 11.3 Å². The summed E-state index contributed by atoms with van der Waals surface area (Å²) in [5.41, 5.74) is 7.26. The number of nitrogens with one attached hydrogen (secondary N) is 2. The summed E-state index contributed by atoms with van der Waals surface area (Å²) >= 11 is 0. The third kappa shape index (κ3) is 6.04. The number of aryl methyl sites for hydroxylation is 2. The highest BCUT2D eigenvalue weighted by Crippen LogP contribution is 2.27. The number of hydrogen-bond donors (Lipinski definition) is 3. The molecular weight excluding hydrogens is 388 g/mol. The number of hydrogen-bond acceptors (Lipinski definition) is 4. The van der Waals surface area contributed by atoms with Gasteiger partial charge in [-0.25, -0.2) is 5.43 Å². The van der Waals surface area contributed by atoms with Gasteiger partial charge in [0, 0.05) is 5.56 Å². The molecular formula is C25H30N4O2. The molecule has 0 bridgehead atoms. The van der Waals surface area contributed by atoms with E-state index in [-0.39, 0.29) is 5.91 Å². The van der Waals surface area contributed by atoms with Crippen molar-refractivity contribution in [2.45, 2.75) is 52.4 Å². The molecule has 0 aliphatic carbocycles. The third-order valence-corrected chi connectivity index (χ3v) is 5.16. The normalized spacial score (nSPS) is 11.2. The highest BCUT2D eigenvalue weighted by atomic mass is 16.3. The van der Waals surface area contributed by atoms with E-state index in [0.29, 0.717) is 17.1 Å². The second-order valence-electron chi connectivity index (χ2n) is 7.63. The van der Waals surface area contributed by atoms with E-state index in [1.54, 1.807) is 12.3 Å². The van der Waals surface area contributed by atoms with Gasteiger partial charge >= 0.3 is 0 Å². The van der Waals surface area contributed by atoms with E-state index in [1.165, 1.54) is 0 Å². The number of hydrazone groups is 1. The molecule has 3 aromatic rings. The number of amides is 1. The van der Waals surface area contributed by atoms with E-state index in [2.05, 4.69) is 34.6 Å². The molecule has 0 aliphatic heterocycles. The third-order valence-electron chi connectivity index (χ3n) is 5.16. The molecule has 2 aromatic carbocycles. The maximum absolute atomic E-state index is 12.4. The number of unbranched alkanes of at least 4 members (excludes halogenated alkanes) is 2. The zero-order valence-electron chi connectivity index (χ0n) is 18.2. The summed E-state index contributed by atoms with van der Waals surface area (Å²) in [5, 5.41) is 21.7. The van der Waals surface area contributed by atoms with Crippen LogP contribution in [0.1, 0.15) is 66.7 Å². The summed E-state index contributed by atoms with van der Waals surface area (Å²) in [6.45, 7) is 4.27. The Labute approximate surface area is 183 Å². The van der Waals surface area contributed by atoms with Gasteiger partial charge < -0.3 is 5.11 Å². The Balaban J connectivity index is 1.70. The van der Waals surface area contributed by atoms with Crippen molar-refractivity contribution in [2.24, 2.45) is 5.10 Å². The fourth-order valence-corrected chi connectivity index (χ4v) is 3.40. The van der Waals surface area contributed by atoms with Gasteiger partial charge in [0.05, 0.1) is 11.9 Å². The first-order valence-corrected chi connectivity index (χ1v) is 10.9. The van der Waals surface area contributed by atoms with Crippen LogP contribution in [0.5, 0.6) is 5.75 Å². The number of carbonyl (C=O) groups excluding carboxylic acids is 1. The van der Waals surface area contributed by atoms with E-state index < -0.39 is 0 Å². The fourth-order valence-electron chi connectivity index (χ4n) is 3.40. The Morgan fingerprint density at radius 1 is 1.06 bits per heavy atom. The predicted molar refractivity (Wildman–Crippen MR) is 124 cm³/mol. The molecule has 0 aliphatic rings. The highest BCUT2D eigenvalue weighted by molar-refractivity contribution is 5.94. The van der Waals surface area contributed by atoms with Gasteiger partial charge in [-0.05, 0) is 60.6 Å². The summed E-state index contributed by atoms with van der Waals surface area (Å²) in [7, 11) is 0. The van der Waals surface area contributed by atoms with Crippen LogP contribution >= 0.6 is 0 Å². The van der Waals surface area contributed by atoms with Crippen LogP contribution in [0.2, 0.25) is 0 Å². The van der Waals surface area contributed by atoms with Gasteiger partial charge in [0.1, 0.15) is 11.4 Å². The lowest BCUT2D eigenvalue weighted by atomic mass is 9.97. The van der Waals surface area contributed by atoms with E-state index in [4.69, 9.17) is 0 Å². The molecule has 6 nitrogen and oxygen atoms in total. The SMILES string of the molecule is CCCCc1cc(/C=N/NC(=O)c2cc(-c3ccccc3)n[nH]2)cc(CCCC)c1O. The van der Waals surface area contributed by atoms with Crippen molar-refractivity contribution in [3.8, 4) is 17.0 Å². The molecule has 1 heterocycles. The molecule has 3 rings (SSSR count). The number of phenols is 1. The Morgan fingerprint density at radius 3 is 2.32 bits per heavy atom. The lowest BCUT2D eigenvalue weighted by Gasteiger charge is -2.11. The molecule has 0 saturated carbocycles. The molecule has 0 radical (unpaired) electrons. The second kappa shape index (κ2) is 11.1. The molecule has 1 aromatic heterocycles. The van der Waals surface area contributed by atoms with Crippen molar-refractivity contribution in [1.29, 1.82) is 0 Å². The minimum Gasteiger partial charge on any atom is -0.507 e. The van der Waals surface area contributed by atoms with Crippen LogP contribution in [-0.4, -0.2) is 27.4 Å². The van der Waals surface area contributed by atoms with Crippen molar-refractivity contribution in [3.63, 3.8) is 0 Å². The average Bonchev–Trinajstić information content (AvgIpc) is 3.29. The van der Waals surface area contributed by atoms with Crippen molar-refractivity contribution in [2.75, 3.05) is 0 Å². The maximum Gasteiger partial charge on any atom is 0.289 e. The maximum atomic E-state index is 12.4. The number of phenolic OH excluding ortho intramolecular Hbond substituents is 1. The number of H-pyrrole nitrogens is 1. The van der Waals surface area contributed by atoms with Gasteiger partial charge in [0.2, 0.25) is 0 Å². The fraction of sp³-hybridized carbons (Fsp3) is 0.320. The molecule has 0 spiro atoms. The molecule has 1 amide bonds. The van der Waals surface area contributed by atoms with Crippen LogP contribution in [-0.2, 0) is 12.8 Å². The molecule has 3 N–H and O–H groups in total. The smallest absolute Gasteiger partial charge is 0.289 e. The van der Waals surface area contributed by atoms with E-state index in [0.717, 1.165) is 60.8 Å². The van der Waals surface area contributed by atoms with Gasteiger partial charge in [0.15, 0.2) is 0 Å². The molecule has 162 valence electrons. The lowest BCUT2D eigenvalue weighted by molar-refractivity contribution is 0.0950. The lowest BCUT2D eigenvalue weighted by Crippen LogP contribution is -2.18. The summed E-state index contributed by atoms with van der Waals surface area (Å²) in [4.78, 5) is 12.4. The summed E-state index contributed by atoms with van der Waals surface area (Å²) in [6, 6.07) is 15.2. The number of aromatic amines is 1. The second-order valence-corrected chi connectivity index (χ2v) is 7.63. The molecule has 0 fully saturated rings. The standard InChI is InChI=1S/C25H30N4O2/c1-3-5-10-20-14-18(15-21(24(20)30)11-6-4-2)17-26-29-25(31)23-16-22(27-28-23)19-12-8-7-9-13-19/h7-9,12-17,30H,3-6,10-11H2,1-2H3,(H,27,28)(H,29,31)/b26-17+. The van der Waals surface area contributed by atoms with E-state index in [1.807, 2.05) is 42.5 Å². The first-order chi connectivity index (χ1) is 15.1. The van der Waals surface area contributed by atoms with Gasteiger partial charge in [-0.1, -0.05) is 57.0 Å². The van der Waals surface area contributed by atoms with Gasteiger partial charge in [-0.3, -0.25) is 9.89 Å². The minimum absolute atomic E-state index is 0.342. The van der Waals surface area contributed by atoms with Crippen molar-refractivity contribution in [3.05, 3.63) is 70.9 Å². The van der Waals surface area contributed by atoms with Crippen molar-refractivity contribution >= 4 is 12.1 Å². The average molecular weight is 419 g/mol.